The highest BCUT2D eigenvalue weighted by Crippen LogP contribution is 2.46. The van der Waals surface area contributed by atoms with E-state index in [0.29, 0.717) is 12.0 Å². The predicted molar refractivity (Wildman–Crippen MR) is 128 cm³/mol. The molecule has 0 saturated carbocycles. The zero-order valence-corrected chi connectivity index (χ0v) is 18.8. The van der Waals surface area contributed by atoms with Crippen molar-refractivity contribution in [3.8, 4) is 11.1 Å². The molecule has 1 fully saturated rings. The van der Waals surface area contributed by atoms with E-state index in [0.717, 1.165) is 24.2 Å². The van der Waals surface area contributed by atoms with Crippen molar-refractivity contribution in [1.82, 2.24) is 15.3 Å². The summed E-state index contributed by atoms with van der Waals surface area (Å²) in [5.74, 6) is 0.571. The lowest BCUT2D eigenvalue weighted by molar-refractivity contribution is 0.573. The second-order valence-electron chi connectivity index (χ2n) is 8.51. The van der Waals surface area contributed by atoms with E-state index in [1.165, 1.54) is 33.3 Å². The van der Waals surface area contributed by atoms with E-state index in [1.807, 2.05) is 13.8 Å². The van der Waals surface area contributed by atoms with Crippen LogP contribution in [0.15, 0.2) is 54.4 Å². The molecule has 2 aliphatic rings. The fraction of sp³-hybridized carbons (Fsp3) is 0.385. The molecular formula is C26H34N4. The highest BCUT2D eigenvalue weighted by molar-refractivity contribution is 5.97. The average Bonchev–Trinajstić information content (AvgIpc) is 3.13. The maximum Gasteiger partial charge on any atom is 0.115 e. The number of benzene rings is 1. The quantitative estimate of drug-likeness (QED) is 0.419. The van der Waals surface area contributed by atoms with Gasteiger partial charge >= 0.3 is 0 Å². The van der Waals surface area contributed by atoms with Crippen molar-refractivity contribution in [1.29, 1.82) is 0 Å². The Bertz CT molecular complexity index is 1110. The van der Waals surface area contributed by atoms with Gasteiger partial charge in [-0.3, -0.25) is 5.32 Å². The first kappa shape index (κ1) is 20.5. The Balaban J connectivity index is 0.00000106. The number of aryl methyl sites for hydroxylation is 1. The zero-order chi connectivity index (χ0) is 21.5. The Kier molecular flexibility index (Phi) is 5.37. The molecule has 1 spiro atoms. The van der Waals surface area contributed by atoms with Crippen molar-refractivity contribution in [2.75, 3.05) is 0 Å². The van der Waals surface area contributed by atoms with Gasteiger partial charge in [-0.1, -0.05) is 65.0 Å². The average molecular weight is 403 g/mol. The van der Waals surface area contributed by atoms with E-state index < -0.39 is 0 Å². The SMILES string of the molecule is CC.CCc1ccccc1-c1c[nH]c2[nH]c(C3=CC=C(N)C4(C3)NC4C(C)C)cc12. The normalized spacial score (nSPS) is 22.7. The molecule has 2 unspecified atom stereocenters. The van der Waals surface area contributed by atoms with Crippen molar-refractivity contribution >= 4 is 16.6 Å². The van der Waals surface area contributed by atoms with Crippen LogP contribution in [0.5, 0.6) is 0 Å². The van der Waals surface area contributed by atoms with Gasteiger partial charge in [-0.2, -0.15) is 0 Å². The van der Waals surface area contributed by atoms with E-state index in [4.69, 9.17) is 5.73 Å². The monoisotopic (exact) mass is 402 g/mol. The summed E-state index contributed by atoms with van der Waals surface area (Å²) >= 11 is 0. The summed E-state index contributed by atoms with van der Waals surface area (Å²) in [4.78, 5) is 7.03. The van der Waals surface area contributed by atoms with Crippen LogP contribution in [0.4, 0.5) is 0 Å². The molecule has 2 aromatic heterocycles. The number of allylic oxidation sites excluding steroid dienone is 2. The molecule has 0 bridgehead atoms. The summed E-state index contributed by atoms with van der Waals surface area (Å²) in [7, 11) is 0. The van der Waals surface area contributed by atoms with Crippen LogP contribution >= 0.6 is 0 Å². The van der Waals surface area contributed by atoms with E-state index >= 15 is 0 Å². The van der Waals surface area contributed by atoms with Crippen molar-refractivity contribution in [3.63, 3.8) is 0 Å². The number of aromatic amines is 2. The molecule has 0 radical (unpaired) electrons. The first-order valence-electron chi connectivity index (χ1n) is 11.3. The van der Waals surface area contributed by atoms with Crippen molar-refractivity contribution in [3.05, 3.63) is 65.6 Å². The van der Waals surface area contributed by atoms with Crippen molar-refractivity contribution < 1.29 is 0 Å². The van der Waals surface area contributed by atoms with Crippen LogP contribution in [0.3, 0.4) is 0 Å². The zero-order valence-electron chi connectivity index (χ0n) is 18.8. The third-order valence-corrected chi connectivity index (χ3v) is 6.48. The van der Waals surface area contributed by atoms with Crippen LogP contribution < -0.4 is 11.1 Å². The highest BCUT2D eigenvalue weighted by Gasteiger charge is 2.57. The van der Waals surface area contributed by atoms with Crippen LogP contribution in [-0.2, 0) is 6.42 Å². The number of hydrogen-bond donors (Lipinski definition) is 4. The van der Waals surface area contributed by atoms with Gasteiger partial charge in [0.05, 0.1) is 5.54 Å². The first-order chi connectivity index (χ1) is 14.5. The molecule has 3 heterocycles. The predicted octanol–water partition coefficient (Wildman–Crippen LogP) is 5.75. The molecule has 5 N–H and O–H groups in total. The molecule has 1 aromatic carbocycles. The Morgan fingerprint density at radius 1 is 1.13 bits per heavy atom. The van der Waals surface area contributed by atoms with Crippen LogP contribution in [-0.4, -0.2) is 21.5 Å². The number of hydrogen-bond acceptors (Lipinski definition) is 2. The minimum absolute atomic E-state index is 0.0608. The maximum absolute atomic E-state index is 6.37. The van der Waals surface area contributed by atoms with Crippen molar-refractivity contribution in [2.45, 2.75) is 59.0 Å². The number of nitrogens with one attached hydrogen (secondary N) is 3. The minimum atomic E-state index is -0.0608. The number of rotatable bonds is 4. The van der Waals surface area contributed by atoms with Gasteiger partial charge in [0.25, 0.3) is 0 Å². The summed E-state index contributed by atoms with van der Waals surface area (Å²) in [5, 5.41) is 4.90. The fourth-order valence-corrected chi connectivity index (χ4v) is 4.87. The second kappa shape index (κ2) is 7.84. The molecule has 1 aliphatic heterocycles. The van der Waals surface area contributed by atoms with Gasteiger partial charge in [0.15, 0.2) is 0 Å². The molecule has 4 heteroatoms. The Morgan fingerprint density at radius 2 is 1.90 bits per heavy atom. The van der Waals surface area contributed by atoms with Gasteiger partial charge in [-0.05, 0) is 47.6 Å². The van der Waals surface area contributed by atoms with Crippen LogP contribution in [0.2, 0.25) is 0 Å². The lowest BCUT2D eigenvalue weighted by Crippen LogP contribution is -2.29. The molecule has 5 rings (SSSR count). The first-order valence-corrected chi connectivity index (χ1v) is 11.3. The smallest absolute Gasteiger partial charge is 0.115 e. The molecule has 30 heavy (non-hydrogen) atoms. The number of aromatic nitrogens is 2. The topological polar surface area (TPSA) is 79.5 Å². The number of nitrogens with two attached hydrogens (primary N) is 1. The molecule has 1 aliphatic carbocycles. The maximum atomic E-state index is 6.37. The third kappa shape index (κ3) is 3.20. The van der Waals surface area contributed by atoms with E-state index in [2.05, 4.69) is 84.7 Å². The minimum Gasteiger partial charge on any atom is -0.400 e. The number of fused-ring (bicyclic) bond motifs is 1. The van der Waals surface area contributed by atoms with E-state index in [1.54, 1.807) is 0 Å². The number of H-pyrrole nitrogens is 2. The molecule has 0 amide bonds. The molecular weight excluding hydrogens is 368 g/mol. The Labute approximate surface area is 179 Å². The summed E-state index contributed by atoms with van der Waals surface area (Å²) < 4.78 is 0. The molecule has 1 saturated heterocycles. The largest absolute Gasteiger partial charge is 0.400 e. The van der Waals surface area contributed by atoms with Gasteiger partial charge in [0.1, 0.15) is 5.65 Å². The van der Waals surface area contributed by atoms with Crippen LogP contribution in [0.1, 0.15) is 52.3 Å². The van der Waals surface area contributed by atoms with E-state index in [9.17, 15) is 0 Å². The second-order valence-corrected chi connectivity index (χ2v) is 8.51. The third-order valence-electron chi connectivity index (χ3n) is 6.48. The van der Waals surface area contributed by atoms with Gasteiger partial charge in [0.2, 0.25) is 0 Å². The molecule has 3 aromatic rings. The van der Waals surface area contributed by atoms with Crippen LogP contribution in [0, 0.1) is 5.92 Å². The van der Waals surface area contributed by atoms with Gasteiger partial charge in [-0.25, -0.2) is 0 Å². The lowest BCUT2D eigenvalue weighted by Gasteiger charge is -2.22. The fourth-order valence-electron chi connectivity index (χ4n) is 4.87. The van der Waals surface area contributed by atoms with Gasteiger partial charge in [0, 0.05) is 34.6 Å². The summed E-state index contributed by atoms with van der Waals surface area (Å²) in [6.45, 7) is 10.7. The van der Waals surface area contributed by atoms with Crippen molar-refractivity contribution in [2.24, 2.45) is 11.7 Å². The standard InChI is InChI=1S/C24H28N4.C2H6/c1-4-15-7-5-6-8-17(15)19-13-26-23-18(19)11-20(27-23)16-9-10-21(25)24(12-16)22(28-24)14(2)3;1-2/h5-11,13-14,22,26-28H,4,12,25H2,1-3H3;1-2H3. The van der Waals surface area contributed by atoms with Gasteiger partial charge in [-0.15, -0.1) is 0 Å². The molecule has 158 valence electrons. The summed E-state index contributed by atoms with van der Waals surface area (Å²) in [6.07, 6.45) is 8.33. The van der Waals surface area contributed by atoms with Crippen LogP contribution in [0.25, 0.3) is 27.7 Å². The Morgan fingerprint density at radius 3 is 2.60 bits per heavy atom. The highest BCUT2D eigenvalue weighted by atomic mass is 15.2. The molecule has 4 nitrogen and oxygen atoms in total. The summed E-state index contributed by atoms with van der Waals surface area (Å²) in [6, 6.07) is 11.4. The lowest BCUT2D eigenvalue weighted by atomic mass is 9.84. The Hall–Kier alpha value is -2.72. The molecule has 2 atom stereocenters. The van der Waals surface area contributed by atoms with Gasteiger partial charge < -0.3 is 15.7 Å². The summed E-state index contributed by atoms with van der Waals surface area (Å²) in [5.41, 5.74) is 14.8. The van der Waals surface area contributed by atoms with E-state index in [-0.39, 0.29) is 5.54 Å².